The zero-order valence-electron chi connectivity index (χ0n) is 16.3. The third kappa shape index (κ3) is 2.99. The van der Waals surface area contributed by atoms with Crippen LogP contribution >= 0.6 is 0 Å². The van der Waals surface area contributed by atoms with Crippen molar-refractivity contribution in [2.45, 2.75) is 64.6 Å². The van der Waals surface area contributed by atoms with E-state index in [-0.39, 0.29) is 46.6 Å². The molecule has 2 aliphatic rings. The average molecular weight is 388 g/mol. The lowest BCUT2D eigenvalue weighted by atomic mass is 9.74. The van der Waals surface area contributed by atoms with Crippen LogP contribution in [-0.4, -0.2) is 45.1 Å². The topological polar surface area (TPSA) is 121 Å². The minimum atomic E-state index is -1.07. The van der Waals surface area contributed by atoms with Crippen LogP contribution in [0.4, 0.5) is 0 Å². The summed E-state index contributed by atoms with van der Waals surface area (Å²) in [4.78, 5) is 37.3. The van der Waals surface area contributed by atoms with E-state index >= 15 is 0 Å². The second-order valence-electron chi connectivity index (χ2n) is 8.03. The molecule has 1 aromatic carbocycles. The van der Waals surface area contributed by atoms with E-state index in [0.29, 0.717) is 12.0 Å². The third-order valence-electron chi connectivity index (χ3n) is 5.83. The summed E-state index contributed by atoms with van der Waals surface area (Å²) >= 11 is 0. The van der Waals surface area contributed by atoms with Crippen LogP contribution in [0, 0.1) is 0 Å². The number of aromatic hydroxyl groups is 2. The molecule has 7 heteroatoms. The molecule has 0 fully saturated rings. The Morgan fingerprint density at radius 1 is 1.21 bits per heavy atom. The van der Waals surface area contributed by atoms with Gasteiger partial charge in [-0.05, 0) is 24.8 Å². The van der Waals surface area contributed by atoms with Gasteiger partial charge in [0.15, 0.2) is 11.6 Å². The van der Waals surface area contributed by atoms with Crippen molar-refractivity contribution in [1.29, 1.82) is 0 Å². The zero-order valence-corrected chi connectivity index (χ0v) is 16.3. The highest BCUT2D eigenvalue weighted by atomic mass is 16.5. The molecule has 0 saturated carbocycles. The Kier molecular flexibility index (Phi) is 4.83. The molecular weight excluding hydrogens is 364 g/mol. The van der Waals surface area contributed by atoms with Gasteiger partial charge in [-0.25, -0.2) is 0 Å². The maximum Gasteiger partial charge on any atom is 0.305 e. The lowest BCUT2D eigenvalue weighted by Crippen LogP contribution is -2.38. The van der Waals surface area contributed by atoms with Gasteiger partial charge < -0.3 is 20.1 Å². The van der Waals surface area contributed by atoms with Crippen molar-refractivity contribution in [3.8, 4) is 11.5 Å². The Bertz CT molecular complexity index is 923. The molecule has 3 rings (SSSR count). The second kappa shape index (κ2) is 6.74. The van der Waals surface area contributed by atoms with Gasteiger partial charge in [0.1, 0.15) is 11.5 Å². The summed E-state index contributed by atoms with van der Waals surface area (Å²) < 4.78 is 5.63. The summed E-state index contributed by atoms with van der Waals surface area (Å²) in [7, 11) is 0. The van der Waals surface area contributed by atoms with Crippen LogP contribution in [0.1, 0.15) is 73.2 Å². The van der Waals surface area contributed by atoms with E-state index in [1.165, 1.54) is 6.07 Å². The molecule has 0 spiro atoms. The Morgan fingerprint density at radius 2 is 1.86 bits per heavy atom. The molecule has 1 aliphatic heterocycles. The first-order valence-corrected chi connectivity index (χ1v) is 9.28. The minimum absolute atomic E-state index is 0.0294. The largest absolute Gasteiger partial charge is 0.507 e. The fraction of sp³-hybridized carbons (Fsp3) is 0.476. The maximum atomic E-state index is 13.2. The highest BCUT2D eigenvalue weighted by molar-refractivity contribution is 6.29. The second-order valence-corrected chi connectivity index (χ2v) is 8.03. The summed E-state index contributed by atoms with van der Waals surface area (Å²) in [5.41, 5.74) is -0.271. The smallest absolute Gasteiger partial charge is 0.305 e. The molecule has 0 bridgehead atoms. The Labute approximate surface area is 162 Å². The summed E-state index contributed by atoms with van der Waals surface area (Å²) in [5, 5.41) is 30.4. The van der Waals surface area contributed by atoms with Gasteiger partial charge in [-0.15, -0.1) is 0 Å². The Hall–Kier alpha value is -2.67. The number of carboxylic acid groups (broad SMARTS) is 1. The predicted octanol–water partition coefficient (Wildman–Crippen LogP) is 3.11. The van der Waals surface area contributed by atoms with Gasteiger partial charge in [-0.2, -0.15) is 0 Å². The molecule has 7 nitrogen and oxygen atoms in total. The summed E-state index contributed by atoms with van der Waals surface area (Å²) in [6.07, 6.45) is -1.21. The number of phenolic OH excluding ortho intramolecular Hbond substituents is 2. The van der Waals surface area contributed by atoms with Crippen LogP contribution in [-0.2, 0) is 14.9 Å². The van der Waals surface area contributed by atoms with E-state index in [1.54, 1.807) is 6.92 Å². The Balaban J connectivity index is 2.18. The van der Waals surface area contributed by atoms with Gasteiger partial charge in [0.25, 0.3) is 0 Å². The van der Waals surface area contributed by atoms with Gasteiger partial charge in [-0.3, -0.25) is 14.4 Å². The van der Waals surface area contributed by atoms with Crippen molar-refractivity contribution in [1.82, 2.24) is 0 Å². The number of Topliss-reactive ketones (excluding diaryl/α,β-unsaturated/α-hetero) is 2. The number of phenols is 2. The average Bonchev–Trinajstić information content (AvgIpc) is 2.60. The van der Waals surface area contributed by atoms with Crippen LogP contribution in [0.2, 0.25) is 0 Å². The zero-order chi connectivity index (χ0) is 21.0. The van der Waals surface area contributed by atoms with E-state index in [4.69, 9.17) is 9.84 Å². The quantitative estimate of drug-likeness (QED) is 0.678. The number of hydrogen-bond donors (Lipinski definition) is 3. The normalized spacial score (nSPS) is 22.1. The third-order valence-corrected chi connectivity index (χ3v) is 5.83. The number of fused-ring (bicyclic) bond motifs is 1. The molecule has 28 heavy (non-hydrogen) atoms. The molecule has 0 saturated heterocycles. The van der Waals surface area contributed by atoms with Crippen molar-refractivity contribution in [3.63, 3.8) is 0 Å². The number of carboxylic acids is 1. The number of aliphatic carboxylic acids is 1. The van der Waals surface area contributed by atoms with Crippen LogP contribution in [0.5, 0.6) is 11.5 Å². The van der Waals surface area contributed by atoms with Crippen molar-refractivity contribution in [3.05, 3.63) is 33.9 Å². The molecule has 0 radical (unpaired) electrons. The van der Waals surface area contributed by atoms with Crippen LogP contribution in [0.15, 0.2) is 17.2 Å². The van der Waals surface area contributed by atoms with Gasteiger partial charge in [-0.1, -0.05) is 20.8 Å². The lowest BCUT2D eigenvalue weighted by Gasteiger charge is -2.35. The monoisotopic (exact) mass is 388 g/mol. The molecule has 0 amide bonds. The molecule has 3 N–H and O–H groups in total. The van der Waals surface area contributed by atoms with Gasteiger partial charge in [0.05, 0.1) is 29.8 Å². The number of benzene rings is 1. The lowest BCUT2D eigenvalue weighted by molar-refractivity contribution is -0.141. The van der Waals surface area contributed by atoms with E-state index in [1.807, 2.05) is 20.8 Å². The van der Waals surface area contributed by atoms with Crippen molar-refractivity contribution < 1.29 is 34.4 Å². The number of carbonyl (C=O) groups excluding carboxylic acids is 2. The number of hydrogen-bond acceptors (Lipinski definition) is 6. The molecular formula is C21H24O7. The molecule has 150 valence electrons. The highest BCUT2D eigenvalue weighted by Crippen LogP contribution is 2.46. The van der Waals surface area contributed by atoms with Gasteiger partial charge in [0.2, 0.25) is 0 Å². The molecule has 1 aromatic rings. The number of ketones is 2. The number of ether oxygens (including phenoxy) is 1. The molecule has 1 heterocycles. The van der Waals surface area contributed by atoms with E-state index in [0.717, 1.165) is 0 Å². The highest BCUT2D eigenvalue weighted by Gasteiger charge is 2.44. The first-order chi connectivity index (χ1) is 13.0. The number of rotatable bonds is 4. The summed E-state index contributed by atoms with van der Waals surface area (Å²) in [6.45, 7) is 7.24. The molecule has 2 atom stereocenters. The first-order valence-electron chi connectivity index (χ1n) is 9.28. The fourth-order valence-electron chi connectivity index (χ4n) is 3.94. The van der Waals surface area contributed by atoms with Crippen LogP contribution in [0.25, 0.3) is 0 Å². The van der Waals surface area contributed by atoms with E-state index < -0.39 is 35.2 Å². The van der Waals surface area contributed by atoms with Crippen LogP contribution in [0.3, 0.4) is 0 Å². The molecule has 0 aromatic heterocycles. The van der Waals surface area contributed by atoms with Crippen LogP contribution < -0.4 is 0 Å². The van der Waals surface area contributed by atoms with Gasteiger partial charge in [0, 0.05) is 23.1 Å². The standard InChI is InChI=1S/C21H24O7/c1-5-21(3,4)12-8-13(22)16-17(19(12)26)20(27)15-9(2)28-10(7-14(23)24)6-11(15)18(16)25/h8-10,22,26H,5-7H2,1-4H3,(H,23,24)/t9-,10+/m1/s1. The van der Waals surface area contributed by atoms with E-state index in [9.17, 15) is 24.6 Å². The molecule has 0 unspecified atom stereocenters. The summed E-state index contributed by atoms with van der Waals surface area (Å²) in [5.74, 6) is -2.85. The van der Waals surface area contributed by atoms with E-state index in [2.05, 4.69) is 0 Å². The summed E-state index contributed by atoms with van der Waals surface area (Å²) in [6, 6.07) is 1.34. The predicted molar refractivity (Wildman–Crippen MR) is 100.0 cm³/mol. The van der Waals surface area contributed by atoms with Gasteiger partial charge >= 0.3 is 5.97 Å². The van der Waals surface area contributed by atoms with Crippen molar-refractivity contribution in [2.75, 3.05) is 0 Å². The minimum Gasteiger partial charge on any atom is -0.507 e. The van der Waals surface area contributed by atoms with Crippen molar-refractivity contribution >= 4 is 17.5 Å². The number of carbonyl (C=O) groups is 3. The fourth-order valence-corrected chi connectivity index (χ4v) is 3.94. The SMILES string of the molecule is CCC(C)(C)c1cc(O)c2c(c1O)C(=O)C1=C(C[C@@H](CC(=O)O)O[C@@H]1C)C2=O. The first kappa shape index (κ1) is 20.1. The maximum absolute atomic E-state index is 13.2. The molecule has 1 aliphatic carbocycles. The Morgan fingerprint density at radius 3 is 2.43 bits per heavy atom. The van der Waals surface area contributed by atoms with Crippen molar-refractivity contribution in [2.24, 2.45) is 0 Å².